The van der Waals surface area contributed by atoms with Gasteiger partial charge in [0.2, 0.25) is 0 Å². The molecule has 1 aromatic heterocycles. The molecule has 0 saturated heterocycles. The number of nitrogens with zero attached hydrogens (tertiary/aromatic N) is 2. The highest BCUT2D eigenvalue weighted by Gasteiger charge is 2.18. The Morgan fingerprint density at radius 1 is 1.19 bits per heavy atom. The molecule has 1 aromatic rings. The number of aryl methyl sites for hydroxylation is 1. The summed E-state index contributed by atoms with van der Waals surface area (Å²) in [6, 6.07) is 0.448. The van der Waals surface area contributed by atoms with Gasteiger partial charge in [0.15, 0.2) is 0 Å². The van der Waals surface area contributed by atoms with Crippen LogP contribution in [-0.4, -0.2) is 16.0 Å². The molecule has 2 rings (SSSR count). The van der Waals surface area contributed by atoms with Crippen LogP contribution in [0.25, 0.3) is 0 Å². The SMILES string of the molecule is NC1CCC(CCc2cnc(Br)cn2)CC1. The molecule has 1 saturated carbocycles. The lowest BCUT2D eigenvalue weighted by Crippen LogP contribution is -2.26. The largest absolute Gasteiger partial charge is 0.328 e. The Hall–Kier alpha value is -0.480. The van der Waals surface area contributed by atoms with Crippen LogP contribution in [0.4, 0.5) is 0 Å². The van der Waals surface area contributed by atoms with Gasteiger partial charge in [0.25, 0.3) is 0 Å². The molecular formula is C12H18BrN3. The van der Waals surface area contributed by atoms with Crippen molar-refractivity contribution in [3.8, 4) is 0 Å². The number of hydrogen-bond acceptors (Lipinski definition) is 3. The molecule has 0 amide bonds. The van der Waals surface area contributed by atoms with E-state index in [1.165, 1.54) is 32.1 Å². The van der Waals surface area contributed by atoms with Crippen LogP contribution in [-0.2, 0) is 6.42 Å². The van der Waals surface area contributed by atoms with E-state index in [0.717, 1.165) is 22.6 Å². The fraction of sp³-hybridized carbons (Fsp3) is 0.667. The van der Waals surface area contributed by atoms with E-state index in [1.807, 2.05) is 6.20 Å². The van der Waals surface area contributed by atoms with Crippen molar-refractivity contribution >= 4 is 15.9 Å². The molecule has 0 spiro atoms. The van der Waals surface area contributed by atoms with Crippen LogP contribution in [0, 0.1) is 5.92 Å². The average Bonchev–Trinajstić information content (AvgIpc) is 2.30. The van der Waals surface area contributed by atoms with Crippen molar-refractivity contribution in [2.24, 2.45) is 11.7 Å². The van der Waals surface area contributed by atoms with E-state index in [4.69, 9.17) is 5.73 Å². The van der Waals surface area contributed by atoms with Crippen molar-refractivity contribution in [1.82, 2.24) is 9.97 Å². The molecule has 0 unspecified atom stereocenters. The van der Waals surface area contributed by atoms with E-state index in [2.05, 4.69) is 25.9 Å². The quantitative estimate of drug-likeness (QED) is 0.928. The first kappa shape index (κ1) is 12.0. The zero-order valence-corrected chi connectivity index (χ0v) is 11.0. The van der Waals surface area contributed by atoms with Crippen LogP contribution in [0.1, 0.15) is 37.8 Å². The van der Waals surface area contributed by atoms with Crippen molar-refractivity contribution in [3.63, 3.8) is 0 Å². The van der Waals surface area contributed by atoms with Crippen LogP contribution in [0.2, 0.25) is 0 Å². The van der Waals surface area contributed by atoms with Gasteiger partial charge in [-0.25, -0.2) is 4.98 Å². The van der Waals surface area contributed by atoms with Crippen molar-refractivity contribution in [2.75, 3.05) is 0 Å². The summed E-state index contributed by atoms with van der Waals surface area (Å²) in [6.07, 6.45) is 10.8. The summed E-state index contributed by atoms with van der Waals surface area (Å²) in [5.74, 6) is 0.838. The topological polar surface area (TPSA) is 51.8 Å². The fourth-order valence-corrected chi connectivity index (χ4v) is 2.50. The van der Waals surface area contributed by atoms with Gasteiger partial charge >= 0.3 is 0 Å². The molecule has 2 N–H and O–H groups in total. The molecule has 1 fully saturated rings. The van der Waals surface area contributed by atoms with Crippen LogP contribution in [0.3, 0.4) is 0 Å². The van der Waals surface area contributed by atoms with Gasteiger partial charge in [-0.05, 0) is 60.4 Å². The van der Waals surface area contributed by atoms with Gasteiger partial charge in [-0.2, -0.15) is 0 Å². The Labute approximate surface area is 105 Å². The first-order chi connectivity index (χ1) is 7.74. The third kappa shape index (κ3) is 3.52. The smallest absolute Gasteiger partial charge is 0.124 e. The van der Waals surface area contributed by atoms with Crippen molar-refractivity contribution < 1.29 is 0 Å². The summed E-state index contributed by atoms with van der Waals surface area (Å²) < 4.78 is 0.805. The van der Waals surface area contributed by atoms with Crippen LogP contribution >= 0.6 is 15.9 Å². The highest BCUT2D eigenvalue weighted by Crippen LogP contribution is 2.26. The lowest BCUT2D eigenvalue weighted by Gasteiger charge is -2.25. The Balaban J connectivity index is 1.77. The highest BCUT2D eigenvalue weighted by molar-refractivity contribution is 9.10. The summed E-state index contributed by atoms with van der Waals surface area (Å²) in [4.78, 5) is 8.53. The molecular weight excluding hydrogens is 266 g/mol. The van der Waals surface area contributed by atoms with Gasteiger partial charge in [-0.15, -0.1) is 0 Å². The predicted molar refractivity (Wildman–Crippen MR) is 68.0 cm³/mol. The van der Waals surface area contributed by atoms with Gasteiger partial charge in [0, 0.05) is 12.2 Å². The minimum atomic E-state index is 0.448. The molecule has 4 heteroatoms. The molecule has 88 valence electrons. The summed E-state index contributed by atoms with van der Waals surface area (Å²) >= 11 is 3.29. The Kier molecular flexibility index (Phi) is 4.29. The maximum absolute atomic E-state index is 5.89. The number of halogens is 1. The minimum Gasteiger partial charge on any atom is -0.328 e. The van der Waals surface area contributed by atoms with E-state index >= 15 is 0 Å². The third-order valence-electron chi connectivity index (χ3n) is 3.37. The van der Waals surface area contributed by atoms with E-state index < -0.39 is 0 Å². The normalized spacial score (nSPS) is 25.6. The lowest BCUT2D eigenvalue weighted by atomic mass is 9.83. The maximum Gasteiger partial charge on any atom is 0.124 e. The standard InChI is InChI=1S/C12H18BrN3/c13-12-8-15-11(7-16-12)6-3-9-1-4-10(14)5-2-9/h7-10H,1-6,14H2. The van der Waals surface area contributed by atoms with Crippen LogP contribution in [0.5, 0.6) is 0 Å². The van der Waals surface area contributed by atoms with Gasteiger partial charge in [-0.3, -0.25) is 4.98 Å². The Bertz CT molecular complexity index is 318. The lowest BCUT2D eigenvalue weighted by molar-refractivity contribution is 0.310. The minimum absolute atomic E-state index is 0.448. The third-order valence-corrected chi connectivity index (χ3v) is 3.78. The van der Waals surface area contributed by atoms with E-state index in [0.29, 0.717) is 6.04 Å². The Morgan fingerprint density at radius 2 is 1.94 bits per heavy atom. The van der Waals surface area contributed by atoms with Crippen molar-refractivity contribution in [3.05, 3.63) is 22.7 Å². The second-order valence-electron chi connectivity index (χ2n) is 4.65. The van der Waals surface area contributed by atoms with E-state index in [9.17, 15) is 0 Å². The number of rotatable bonds is 3. The zero-order valence-electron chi connectivity index (χ0n) is 9.40. The number of hydrogen-bond donors (Lipinski definition) is 1. The van der Waals surface area contributed by atoms with Gasteiger partial charge in [0.05, 0.1) is 11.9 Å². The predicted octanol–water partition coefficient (Wildman–Crippen LogP) is 2.69. The molecule has 0 bridgehead atoms. The van der Waals surface area contributed by atoms with Crippen LogP contribution < -0.4 is 5.73 Å². The second kappa shape index (κ2) is 5.73. The molecule has 0 radical (unpaired) electrons. The molecule has 16 heavy (non-hydrogen) atoms. The summed E-state index contributed by atoms with van der Waals surface area (Å²) in [6.45, 7) is 0. The molecule has 3 nitrogen and oxygen atoms in total. The van der Waals surface area contributed by atoms with Gasteiger partial charge in [-0.1, -0.05) is 0 Å². The van der Waals surface area contributed by atoms with Crippen molar-refractivity contribution in [1.29, 1.82) is 0 Å². The molecule has 1 aliphatic carbocycles. The molecule has 0 atom stereocenters. The fourth-order valence-electron chi connectivity index (χ4n) is 2.30. The summed E-state index contributed by atoms with van der Waals surface area (Å²) in [5.41, 5.74) is 6.99. The van der Waals surface area contributed by atoms with E-state index in [1.54, 1.807) is 6.20 Å². The van der Waals surface area contributed by atoms with Gasteiger partial charge < -0.3 is 5.73 Å². The zero-order chi connectivity index (χ0) is 11.4. The van der Waals surface area contributed by atoms with Crippen LogP contribution in [0.15, 0.2) is 17.0 Å². The Morgan fingerprint density at radius 3 is 2.56 bits per heavy atom. The van der Waals surface area contributed by atoms with Gasteiger partial charge in [0.1, 0.15) is 4.60 Å². The monoisotopic (exact) mass is 283 g/mol. The van der Waals surface area contributed by atoms with E-state index in [-0.39, 0.29) is 0 Å². The summed E-state index contributed by atoms with van der Waals surface area (Å²) in [7, 11) is 0. The summed E-state index contributed by atoms with van der Waals surface area (Å²) in [5, 5.41) is 0. The first-order valence-electron chi connectivity index (χ1n) is 5.96. The maximum atomic E-state index is 5.89. The average molecular weight is 284 g/mol. The first-order valence-corrected chi connectivity index (χ1v) is 6.75. The highest BCUT2D eigenvalue weighted by atomic mass is 79.9. The molecule has 0 aliphatic heterocycles. The number of nitrogens with two attached hydrogens (primary N) is 1. The molecule has 0 aromatic carbocycles. The molecule has 1 heterocycles. The number of aromatic nitrogens is 2. The van der Waals surface area contributed by atoms with Crippen molar-refractivity contribution in [2.45, 2.75) is 44.6 Å². The second-order valence-corrected chi connectivity index (χ2v) is 5.46. The molecule has 1 aliphatic rings.